The van der Waals surface area contributed by atoms with Crippen LogP contribution in [0.1, 0.15) is 43.3 Å². The summed E-state index contributed by atoms with van der Waals surface area (Å²) in [5.74, 6) is 0.368. The van der Waals surface area contributed by atoms with Crippen molar-refractivity contribution in [1.29, 1.82) is 0 Å². The number of furan rings is 1. The molecule has 0 aliphatic heterocycles. The molecular formula is C17H23NO3. The molecule has 2 aromatic rings. The van der Waals surface area contributed by atoms with E-state index in [0.717, 1.165) is 17.4 Å². The molecule has 4 nitrogen and oxygen atoms in total. The topological polar surface area (TPSA) is 42.7 Å². The Bertz CT molecular complexity index is 618. The highest BCUT2D eigenvalue weighted by atomic mass is 16.5. The number of ether oxygens (including phenoxy) is 1. The first-order chi connectivity index (χ1) is 10.1. The second kappa shape index (κ2) is 6.76. The number of hydrogen-bond acceptors (Lipinski definition) is 4. The van der Waals surface area contributed by atoms with Gasteiger partial charge in [0.1, 0.15) is 16.9 Å². The molecule has 0 N–H and O–H groups in total. The highest BCUT2D eigenvalue weighted by molar-refractivity contribution is 6.04. The molecule has 0 spiro atoms. The van der Waals surface area contributed by atoms with Crippen LogP contribution in [0.3, 0.4) is 0 Å². The van der Waals surface area contributed by atoms with Crippen LogP contribution < -0.4 is 0 Å². The van der Waals surface area contributed by atoms with E-state index in [2.05, 4.69) is 18.7 Å². The van der Waals surface area contributed by atoms with Gasteiger partial charge in [0.2, 0.25) is 0 Å². The van der Waals surface area contributed by atoms with Crippen LogP contribution in [0.5, 0.6) is 0 Å². The van der Waals surface area contributed by atoms with Crippen molar-refractivity contribution < 1.29 is 13.9 Å². The van der Waals surface area contributed by atoms with E-state index in [4.69, 9.17) is 9.15 Å². The molecule has 0 fully saturated rings. The van der Waals surface area contributed by atoms with Crippen molar-refractivity contribution in [2.75, 3.05) is 13.7 Å². The summed E-state index contributed by atoms with van der Waals surface area (Å²) >= 11 is 0. The first-order valence-electron chi connectivity index (χ1n) is 7.46. The van der Waals surface area contributed by atoms with E-state index in [-0.39, 0.29) is 5.97 Å². The summed E-state index contributed by atoms with van der Waals surface area (Å²) in [6.45, 7) is 7.07. The SMILES string of the molecule is CCOC(=O)c1c(CN(C)C(C)CC)oc2ccccc12. The number of para-hydroxylation sites is 1. The van der Waals surface area contributed by atoms with Crippen LogP contribution in [0.4, 0.5) is 0 Å². The lowest BCUT2D eigenvalue weighted by Crippen LogP contribution is -2.28. The quantitative estimate of drug-likeness (QED) is 0.758. The number of hydrogen-bond donors (Lipinski definition) is 0. The maximum Gasteiger partial charge on any atom is 0.342 e. The van der Waals surface area contributed by atoms with Crippen molar-refractivity contribution in [3.63, 3.8) is 0 Å². The molecule has 1 aromatic heterocycles. The summed E-state index contributed by atoms with van der Waals surface area (Å²) in [5, 5.41) is 0.823. The second-order valence-corrected chi connectivity index (χ2v) is 5.29. The van der Waals surface area contributed by atoms with Crippen molar-refractivity contribution >= 4 is 16.9 Å². The smallest absolute Gasteiger partial charge is 0.342 e. The summed E-state index contributed by atoms with van der Waals surface area (Å²) in [4.78, 5) is 14.4. The number of esters is 1. The molecule has 1 unspecified atom stereocenters. The standard InChI is InChI=1S/C17H23NO3/c1-5-12(3)18(4)11-15-16(17(19)20-6-2)13-9-7-8-10-14(13)21-15/h7-10,12H,5-6,11H2,1-4H3. The molecule has 4 heteroatoms. The molecule has 0 saturated heterocycles. The van der Waals surface area contributed by atoms with Crippen LogP contribution in [-0.4, -0.2) is 30.6 Å². The predicted octanol–water partition coefficient (Wildman–Crippen LogP) is 3.84. The van der Waals surface area contributed by atoms with Crippen molar-refractivity contribution in [2.45, 2.75) is 39.8 Å². The van der Waals surface area contributed by atoms with Gasteiger partial charge in [0, 0.05) is 11.4 Å². The Kier molecular flexibility index (Phi) is 5.02. The average Bonchev–Trinajstić information content (AvgIpc) is 2.84. The minimum atomic E-state index is -0.310. The predicted molar refractivity (Wildman–Crippen MR) is 83.4 cm³/mol. The zero-order valence-electron chi connectivity index (χ0n) is 13.2. The lowest BCUT2D eigenvalue weighted by molar-refractivity contribution is 0.0523. The van der Waals surface area contributed by atoms with E-state index >= 15 is 0 Å². The lowest BCUT2D eigenvalue weighted by Gasteiger charge is -2.22. The number of fused-ring (bicyclic) bond motifs is 1. The minimum absolute atomic E-state index is 0.310. The molecule has 21 heavy (non-hydrogen) atoms. The van der Waals surface area contributed by atoms with Crippen LogP contribution >= 0.6 is 0 Å². The van der Waals surface area contributed by atoms with Gasteiger partial charge >= 0.3 is 5.97 Å². The Morgan fingerprint density at radius 3 is 2.71 bits per heavy atom. The summed E-state index contributed by atoms with van der Waals surface area (Å²) in [6.07, 6.45) is 1.05. The Labute approximate surface area is 125 Å². The first-order valence-corrected chi connectivity index (χ1v) is 7.46. The van der Waals surface area contributed by atoms with Crippen molar-refractivity contribution in [3.8, 4) is 0 Å². The molecule has 0 saturated carbocycles. The Hall–Kier alpha value is -1.81. The normalized spacial score (nSPS) is 12.8. The fraction of sp³-hybridized carbons (Fsp3) is 0.471. The molecule has 1 heterocycles. The molecule has 2 rings (SSSR count). The second-order valence-electron chi connectivity index (χ2n) is 5.29. The molecule has 0 bridgehead atoms. The van der Waals surface area contributed by atoms with E-state index < -0.39 is 0 Å². The molecule has 114 valence electrons. The van der Waals surface area contributed by atoms with Crippen molar-refractivity contribution in [3.05, 3.63) is 35.6 Å². The third-order valence-electron chi connectivity index (χ3n) is 3.88. The zero-order valence-corrected chi connectivity index (χ0v) is 13.2. The van der Waals surface area contributed by atoms with E-state index in [1.807, 2.05) is 38.2 Å². The van der Waals surface area contributed by atoms with Gasteiger partial charge in [-0.1, -0.05) is 25.1 Å². The average molecular weight is 289 g/mol. The van der Waals surface area contributed by atoms with Crippen LogP contribution in [-0.2, 0) is 11.3 Å². The third-order valence-corrected chi connectivity index (χ3v) is 3.88. The van der Waals surface area contributed by atoms with Gasteiger partial charge in [-0.25, -0.2) is 4.79 Å². The number of benzene rings is 1. The summed E-state index contributed by atoms with van der Waals surface area (Å²) in [7, 11) is 2.04. The highest BCUT2D eigenvalue weighted by Gasteiger charge is 2.23. The van der Waals surface area contributed by atoms with E-state index in [9.17, 15) is 4.79 Å². The number of carbonyl (C=O) groups excluding carboxylic acids is 1. The highest BCUT2D eigenvalue weighted by Crippen LogP contribution is 2.28. The van der Waals surface area contributed by atoms with Crippen LogP contribution in [0.25, 0.3) is 11.0 Å². The summed E-state index contributed by atoms with van der Waals surface area (Å²) < 4.78 is 11.1. The van der Waals surface area contributed by atoms with Gasteiger partial charge in [0.25, 0.3) is 0 Å². The maximum absolute atomic E-state index is 12.3. The Morgan fingerprint density at radius 2 is 2.05 bits per heavy atom. The van der Waals surface area contributed by atoms with E-state index in [1.165, 1.54) is 0 Å². The van der Waals surface area contributed by atoms with E-state index in [1.54, 1.807) is 0 Å². The first kappa shape index (κ1) is 15.6. The molecule has 0 aliphatic rings. The van der Waals surface area contributed by atoms with E-state index in [0.29, 0.717) is 30.5 Å². The van der Waals surface area contributed by atoms with Crippen LogP contribution in [0, 0.1) is 0 Å². The molecule has 1 aromatic carbocycles. The molecule has 0 amide bonds. The van der Waals surface area contributed by atoms with Crippen molar-refractivity contribution in [1.82, 2.24) is 4.90 Å². The lowest BCUT2D eigenvalue weighted by atomic mass is 10.1. The molecule has 1 atom stereocenters. The molecule has 0 radical (unpaired) electrons. The molecular weight excluding hydrogens is 266 g/mol. The van der Waals surface area contributed by atoms with Gasteiger partial charge < -0.3 is 9.15 Å². The van der Waals surface area contributed by atoms with Gasteiger partial charge in [-0.3, -0.25) is 4.90 Å². The van der Waals surface area contributed by atoms with Gasteiger partial charge in [0.15, 0.2) is 0 Å². The summed E-state index contributed by atoms with van der Waals surface area (Å²) in [6, 6.07) is 8.02. The number of carbonyl (C=O) groups is 1. The maximum atomic E-state index is 12.3. The molecule has 0 aliphatic carbocycles. The van der Waals surface area contributed by atoms with Gasteiger partial charge in [-0.2, -0.15) is 0 Å². The zero-order chi connectivity index (χ0) is 15.4. The Balaban J connectivity index is 2.42. The van der Waals surface area contributed by atoms with Crippen LogP contribution in [0.2, 0.25) is 0 Å². The largest absolute Gasteiger partial charge is 0.462 e. The Morgan fingerprint density at radius 1 is 1.33 bits per heavy atom. The number of rotatable bonds is 6. The van der Waals surface area contributed by atoms with Gasteiger partial charge in [-0.15, -0.1) is 0 Å². The fourth-order valence-electron chi connectivity index (χ4n) is 2.33. The fourth-order valence-corrected chi connectivity index (χ4v) is 2.33. The minimum Gasteiger partial charge on any atom is -0.462 e. The summed E-state index contributed by atoms with van der Waals surface area (Å²) in [5.41, 5.74) is 1.29. The van der Waals surface area contributed by atoms with Crippen molar-refractivity contribution in [2.24, 2.45) is 0 Å². The third kappa shape index (κ3) is 3.27. The van der Waals surface area contributed by atoms with Gasteiger partial charge in [-0.05, 0) is 33.4 Å². The van der Waals surface area contributed by atoms with Crippen LogP contribution in [0.15, 0.2) is 28.7 Å². The number of nitrogens with zero attached hydrogens (tertiary/aromatic N) is 1. The monoisotopic (exact) mass is 289 g/mol. The van der Waals surface area contributed by atoms with Gasteiger partial charge in [0.05, 0.1) is 13.2 Å².